The minimum Gasteiger partial charge on any atom is -0.441 e. The lowest BCUT2D eigenvalue weighted by atomic mass is 10.00. The molecule has 10 nitrogen and oxygen atoms in total. The lowest BCUT2D eigenvalue weighted by Gasteiger charge is -2.18. The van der Waals surface area contributed by atoms with E-state index in [-0.39, 0.29) is 35.7 Å². The fourth-order valence-electron chi connectivity index (χ4n) is 3.50. The van der Waals surface area contributed by atoms with Crippen molar-refractivity contribution in [3.05, 3.63) is 81.7 Å². The number of amides is 2. The Kier molecular flexibility index (Phi) is 11.8. The summed E-state index contributed by atoms with van der Waals surface area (Å²) >= 11 is 0. The first kappa shape index (κ1) is 31.1. The lowest BCUT2D eigenvalue weighted by molar-refractivity contribution is -0.367. The predicted molar refractivity (Wildman–Crippen MR) is 134 cm³/mol. The van der Waals surface area contributed by atoms with Crippen LogP contribution in [-0.2, 0) is 20.9 Å². The van der Waals surface area contributed by atoms with Crippen LogP contribution >= 0.6 is 0 Å². The molecule has 0 saturated carbocycles. The quantitative estimate of drug-likeness (QED) is 0.114. The minimum atomic E-state index is -1.36. The highest BCUT2D eigenvalue weighted by Crippen LogP contribution is 2.16. The number of nitroso groups, excluding NO2 is 1. The molecule has 0 spiro atoms. The molecule has 13 heteroatoms. The van der Waals surface area contributed by atoms with Crippen LogP contribution in [0, 0.1) is 28.3 Å². The molecule has 2 aromatic rings. The van der Waals surface area contributed by atoms with Gasteiger partial charge in [0.15, 0.2) is 11.6 Å². The van der Waals surface area contributed by atoms with Crippen LogP contribution in [0.25, 0.3) is 0 Å². The molecule has 0 saturated heterocycles. The lowest BCUT2D eigenvalue weighted by Crippen LogP contribution is -2.68. The van der Waals surface area contributed by atoms with Gasteiger partial charge in [-0.1, -0.05) is 26.0 Å². The number of nitrogens with one attached hydrogen (secondary N) is 2. The number of aliphatic hydroxyl groups excluding tert-OH is 2. The zero-order valence-electron chi connectivity index (χ0n) is 21.3. The molecule has 0 aliphatic carbocycles. The van der Waals surface area contributed by atoms with Gasteiger partial charge in [0.1, 0.15) is 18.1 Å². The summed E-state index contributed by atoms with van der Waals surface area (Å²) in [6.07, 6.45) is -3.59. The highest BCUT2D eigenvalue weighted by atomic mass is 19.2. The van der Waals surface area contributed by atoms with Crippen molar-refractivity contribution in [3.63, 3.8) is 0 Å². The average molecular weight is 552 g/mol. The molecule has 0 bridgehead atoms. The Morgan fingerprint density at radius 3 is 2.36 bits per heavy atom. The first-order valence-corrected chi connectivity index (χ1v) is 11.9. The van der Waals surface area contributed by atoms with Crippen LogP contribution in [0.1, 0.15) is 32.3 Å². The van der Waals surface area contributed by atoms with Crippen LogP contribution in [0.15, 0.2) is 58.9 Å². The summed E-state index contributed by atoms with van der Waals surface area (Å²) in [5, 5.41) is 24.8. The third kappa shape index (κ3) is 9.61. The Morgan fingerprint density at radius 1 is 1.08 bits per heavy atom. The number of nitrogens with zero attached hydrogens (tertiary/aromatic N) is 1. The molecule has 210 valence electrons. The maximum atomic E-state index is 14.0. The molecule has 2 aromatic carbocycles. The van der Waals surface area contributed by atoms with E-state index in [0.717, 1.165) is 6.07 Å². The Hall–Kier alpha value is -4.10. The molecule has 0 unspecified atom stereocenters. The maximum absolute atomic E-state index is 14.0. The molecule has 0 aromatic heterocycles. The molecule has 2 atom stereocenters. The van der Waals surface area contributed by atoms with E-state index in [1.54, 1.807) is 13.8 Å². The number of halogens is 3. The average Bonchev–Trinajstić information content (AvgIpc) is 2.88. The highest BCUT2D eigenvalue weighted by molar-refractivity contribution is 6.02. The van der Waals surface area contributed by atoms with E-state index in [9.17, 15) is 37.9 Å². The second-order valence-corrected chi connectivity index (χ2v) is 8.88. The van der Waals surface area contributed by atoms with Gasteiger partial charge in [0, 0.05) is 35.8 Å². The first-order valence-electron chi connectivity index (χ1n) is 11.9. The third-order valence-electron chi connectivity index (χ3n) is 5.41. The van der Waals surface area contributed by atoms with E-state index in [1.807, 2.05) is 0 Å². The Morgan fingerprint density at radius 2 is 1.74 bits per heavy atom. The number of hydrogen-bond acceptors (Lipinski definition) is 7. The Balaban J connectivity index is 2.33. The van der Waals surface area contributed by atoms with Gasteiger partial charge in [-0.05, 0) is 24.1 Å². The van der Waals surface area contributed by atoms with Crippen LogP contribution in [0.4, 0.5) is 18.9 Å². The number of ether oxygens (including phenoxy) is 1. The van der Waals surface area contributed by atoms with Crippen molar-refractivity contribution in [3.8, 4) is 0 Å². The standard InChI is InChI=1S/C26H29F3N4O6/c1-14(2)22(24(30)25(37)31-12-15-4-3-5-20(28)23(15)29)26(32-17-8-6-16(27)7-9-17)39-13-19(35)10-18(34)11-21(36)33-38/h3-9,14,18-19,34-35H,10-13,30H2,1-2H3,(H,31,37)/p+1/t18-,19+/m1/s1. The van der Waals surface area contributed by atoms with E-state index < -0.39 is 60.4 Å². The maximum Gasteiger partial charge on any atom is 0.372 e. The number of rotatable bonds is 12. The second-order valence-electron chi connectivity index (χ2n) is 8.88. The zero-order chi connectivity index (χ0) is 29.1. The Bertz CT molecular complexity index is 1230. The van der Waals surface area contributed by atoms with E-state index in [1.165, 1.54) is 36.4 Å². The van der Waals surface area contributed by atoms with Crippen molar-refractivity contribution in [1.82, 2.24) is 5.32 Å². The molecular formula is C26H30F3N4O6+. The normalized spacial score (nSPS) is 13.9. The summed E-state index contributed by atoms with van der Waals surface area (Å²) in [5.41, 5.74) is 6.21. The van der Waals surface area contributed by atoms with Crippen LogP contribution < -0.4 is 16.0 Å². The van der Waals surface area contributed by atoms with Crippen molar-refractivity contribution in [2.45, 2.75) is 45.4 Å². The molecular weight excluding hydrogens is 521 g/mol. The smallest absolute Gasteiger partial charge is 0.372 e. The summed E-state index contributed by atoms with van der Waals surface area (Å²) in [6.45, 7) is 2.58. The topological polar surface area (TPSA) is 165 Å². The number of hydrogen-bond donors (Lipinski definition) is 5. The van der Waals surface area contributed by atoms with Crippen LogP contribution in [0.5, 0.6) is 0 Å². The van der Waals surface area contributed by atoms with Crippen LogP contribution in [-0.4, -0.2) is 46.7 Å². The summed E-state index contributed by atoms with van der Waals surface area (Å²) < 4.78 is 46.6. The Labute approximate surface area is 222 Å². The molecule has 0 aliphatic rings. The van der Waals surface area contributed by atoms with Crippen molar-refractivity contribution < 1.29 is 42.7 Å². The van der Waals surface area contributed by atoms with Gasteiger partial charge in [0.05, 0.1) is 24.2 Å². The fourth-order valence-corrected chi connectivity index (χ4v) is 3.50. The number of aliphatic hydroxyl groups is 2. The molecule has 0 aliphatic heterocycles. The van der Waals surface area contributed by atoms with Gasteiger partial charge in [-0.15, -0.1) is 4.91 Å². The molecule has 0 radical (unpaired) electrons. The van der Waals surface area contributed by atoms with Crippen molar-refractivity contribution in [2.24, 2.45) is 16.8 Å². The summed E-state index contributed by atoms with van der Waals surface area (Å²) in [6, 6.07) is 8.65. The fraction of sp³-hybridized carbons (Fsp3) is 0.346. The van der Waals surface area contributed by atoms with Gasteiger partial charge < -0.3 is 26.0 Å². The number of carbonyl (C=O) groups is 2. The van der Waals surface area contributed by atoms with Gasteiger partial charge in [-0.25, -0.2) is 13.2 Å². The van der Waals surface area contributed by atoms with Crippen LogP contribution in [0.3, 0.4) is 0 Å². The van der Waals surface area contributed by atoms with E-state index in [0.29, 0.717) is 5.69 Å². The first-order chi connectivity index (χ1) is 18.4. The molecule has 6 N–H and O–H groups in total. The summed E-state index contributed by atoms with van der Waals surface area (Å²) in [5.74, 6) is -5.13. The molecule has 2 amide bonds. The van der Waals surface area contributed by atoms with Crippen molar-refractivity contribution in [1.29, 1.82) is 0 Å². The number of benzene rings is 2. The van der Waals surface area contributed by atoms with E-state index in [4.69, 9.17) is 10.5 Å². The van der Waals surface area contributed by atoms with Gasteiger partial charge in [-0.3, -0.25) is 9.59 Å². The third-order valence-corrected chi connectivity index (χ3v) is 5.41. The zero-order valence-corrected chi connectivity index (χ0v) is 21.3. The summed E-state index contributed by atoms with van der Waals surface area (Å²) in [4.78, 5) is 37.1. The highest BCUT2D eigenvalue weighted by Gasteiger charge is 2.28. The molecule has 0 fully saturated rings. The minimum absolute atomic E-state index is 0.0830. The van der Waals surface area contributed by atoms with E-state index >= 15 is 0 Å². The van der Waals surface area contributed by atoms with E-state index in [2.05, 4.69) is 15.5 Å². The predicted octanol–water partition coefficient (Wildman–Crippen LogP) is 1.21. The molecule has 2 rings (SSSR count). The van der Waals surface area contributed by atoms with Gasteiger partial charge >= 0.3 is 5.90 Å². The second kappa shape index (κ2) is 14.7. The van der Waals surface area contributed by atoms with Gasteiger partial charge in [-0.2, -0.15) is 4.99 Å². The summed E-state index contributed by atoms with van der Waals surface area (Å²) in [7, 11) is 0. The van der Waals surface area contributed by atoms with Gasteiger partial charge in [0.2, 0.25) is 5.69 Å². The van der Waals surface area contributed by atoms with Crippen molar-refractivity contribution >= 4 is 23.4 Å². The number of carbonyl (C=O) groups excluding carboxylic acids is 2. The SMILES string of the molecule is CC(C)C(C(=[NH+]c1ccc(F)cc1)OC[C@@H](O)C[C@@H](O)CC(=O)N=O)=C(N)C(=O)NCc1cccc(F)c1F. The van der Waals surface area contributed by atoms with Gasteiger partial charge in [0.25, 0.3) is 11.8 Å². The molecule has 0 heterocycles. The largest absolute Gasteiger partial charge is 0.441 e. The van der Waals surface area contributed by atoms with Crippen molar-refractivity contribution in [2.75, 3.05) is 6.61 Å². The molecule has 39 heavy (non-hydrogen) atoms. The number of nitrogens with two attached hydrogens (primary N) is 1. The monoisotopic (exact) mass is 551 g/mol. The van der Waals surface area contributed by atoms with Crippen LogP contribution in [0.2, 0.25) is 0 Å².